The van der Waals surface area contributed by atoms with Crippen molar-refractivity contribution in [1.82, 2.24) is 9.97 Å². The Bertz CT molecular complexity index is 746. The molecule has 0 unspecified atom stereocenters. The van der Waals surface area contributed by atoms with Crippen molar-refractivity contribution in [3.05, 3.63) is 47.2 Å². The van der Waals surface area contributed by atoms with Crippen molar-refractivity contribution in [3.8, 4) is 0 Å². The van der Waals surface area contributed by atoms with Crippen LogP contribution in [0.3, 0.4) is 0 Å². The summed E-state index contributed by atoms with van der Waals surface area (Å²) in [4.78, 5) is 11.3. The monoisotopic (exact) mass is 337 g/mol. The van der Waals surface area contributed by atoms with Crippen molar-refractivity contribution in [3.63, 3.8) is 0 Å². The number of hydrogen-bond donors (Lipinski definition) is 2. The summed E-state index contributed by atoms with van der Waals surface area (Å²) in [5.74, 6) is 2.45. The molecular formula is C20H27N5. The molecule has 25 heavy (non-hydrogen) atoms. The van der Waals surface area contributed by atoms with E-state index in [4.69, 9.17) is 11.5 Å². The molecule has 0 atom stereocenters. The van der Waals surface area contributed by atoms with Crippen molar-refractivity contribution >= 4 is 11.8 Å². The standard InChI is InChI=1S/C20H27N5/c1-13-4-2-3-5-17(13)14-6-8-25(9-7-14)19-12-18(23-20(22)24-19)15-10-16(21)11-15/h2-5,12,14-16H,6-11,21H2,1H3,(H2,22,23,24). The molecule has 5 nitrogen and oxygen atoms in total. The van der Waals surface area contributed by atoms with Gasteiger partial charge in [0.15, 0.2) is 0 Å². The van der Waals surface area contributed by atoms with E-state index in [-0.39, 0.29) is 0 Å². The van der Waals surface area contributed by atoms with E-state index in [2.05, 4.69) is 52.1 Å². The Kier molecular flexibility index (Phi) is 4.34. The first-order chi connectivity index (χ1) is 12.1. The minimum atomic E-state index is 0.314. The van der Waals surface area contributed by atoms with Crippen LogP contribution in [0.1, 0.15) is 54.3 Å². The Morgan fingerprint density at radius 3 is 2.44 bits per heavy atom. The SMILES string of the molecule is Cc1ccccc1C1CCN(c2cc(C3CC(N)C3)nc(N)n2)CC1. The van der Waals surface area contributed by atoms with Gasteiger partial charge in [-0.1, -0.05) is 24.3 Å². The molecule has 2 aliphatic rings. The summed E-state index contributed by atoms with van der Waals surface area (Å²) in [5, 5.41) is 0. The molecule has 0 radical (unpaired) electrons. The fourth-order valence-corrected chi connectivity index (χ4v) is 4.21. The van der Waals surface area contributed by atoms with Gasteiger partial charge in [0, 0.05) is 31.1 Å². The van der Waals surface area contributed by atoms with Crippen molar-refractivity contribution in [2.24, 2.45) is 5.73 Å². The zero-order valence-electron chi connectivity index (χ0n) is 14.9. The maximum absolute atomic E-state index is 5.98. The van der Waals surface area contributed by atoms with E-state index in [1.807, 2.05) is 0 Å². The fourth-order valence-electron chi connectivity index (χ4n) is 4.21. The average molecular weight is 337 g/mol. The smallest absolute Gasteiger partial charge is 0.222 e. The lowest BCUT2D eigenvalue weighted by Crippen LogP contribution is -2.36. The van der Waals surface area contributed by atoms with E-state index < -0.39 is 0 Å². The number of anilines is 2. The largest absolute Gasteiger partial charge is 0.368 e. The van der Waals surface area contributed by atoms with Crippen LogP contribution in [0, 0.1) is 6.92 Å². The number of rotatable bonds is 3. The van der Waals surface area contributed by atoms with Crippen LogP contribution in [0.25, 0.3) is 0 Å². The van der Waals surface area contributed by atoms with E-state index >= 15 is 0 Å². The molecular weight excluding hydrogens is 310 g/mol. The van der Waals surface area contributed by atoms with Gasteiger partial charge in [-0.15, -0.1) is 0 Å². The molecule has 0 amide bonds. The molecule has 5 heteroatoms. The first kappa shape index (κ1) is 16.3. The van der Waals surface area contributed by atoms with Crippen LogP contribution in [-0.2, 0) is 0 Å². The van der Waals surface area contributed by atoms with Crippen LogP contribution in [0.4, 0.5) is 11.8 Å². The first-order valence-electron chi connectivity index (χ1n) is 9.30. The van der Waals surface area contributed by atoms with Crippen LogP contribution >= 0.6 is 0 Å². The second kappa shape index (κ2) is 6.64. The molecule has 1 aliphatic heterocycles. The lowest BCUT2D eigenvalue weighted by atomic mass is 9.78. The van der Waals surface area contributed by atoms with Gasteiger partial charge in [-0.3, -0.25) is 0 Å². The molecule has 2 fully saturated rings. The lowest BCUT2D eigenvalue weighted by molar-refractivity contribution is 0.345. The highest BCUT2D eigenvalue weighted by Gasteiger charge is 2.30. The molecule has 1 aromatic carbocycles. The summed E-state index contributed by atoms with van der Waals surface area (Å²) in [6.07, 6.45) is 4.31. The van der Waals surface area contributed by atoms with Crippen LogP contribution < -0.4 is 16.4 Å². The zero-order valence-corrected chi connectivity index (χ0v) is 14.9. The normalized spacial score (nSPS) is 24.2. The number of nitrogens with two attached hydrogens (primary N) is 2. The number of piperidine rings is 1. The quantitative estimate of drug-likeness (QED) is 0.900. The third-order valence-corrected chi connectivity index (χ3v) is 5.79. The molecule has 0 spiro atoms. The fraction of sp³-hybridized carbons (Fsp3) is 0.500. The minimum Gasteiger partial charge on any atom is -0.368 e. The zero-order chi connectivity index (χ0) is 17.4. The van der Waals surface area contributed by atoms with Gasteiger partial charge in [-0.05, 0) is 49.7 Å². The molecule has 2 heterocycles. The molecule has 1 saturated heterocycles. The third kappa shape index (κ3) is 3.33. The highest BCUT2D eigenvalue weighted by molar-refractivity contribution is 5.45. The van der Waals surface area contributed by atoms with Crippen molar-refractivity contribution in [2.45, 2.75) is 50.5 Å². The van der Waals surface area contributed by atoms with Gasteiger partial charge in [0.1, 0.15) is 5.82 Å². The summed E-state index contributed by atoms with van der Waals surface area (Å²) >= 11 is 0. The number of aromatic nitrogens is 2. The Morgan fingerprint density at radius 1 is 1.04 bits per heavy atom. The van der Waals surface area contributed by atoms with Gasteiger partial charge in [0.25, 0.3) is 0 Å². The van der Waals surface area contributed by atoms with Crippen LogP contribution in [0.5, 0.6) is 0 Å². The molecule has 1 aliphatic carbocycles. The Morgan fingerprint density at radius 2 is 1.76 bits per heavy atom. The first-order valence-corrected chi connectivity index (χ1v) is 9.30. The summed E-state index contributed by atoms with van der Waals surface area (Å²) in [6.45, 7) is 4.24. The number of hydrogen-bond acceptors (Lipinski definition) is 5. The number of nitrogen functional groups attached to an aromatic ring is 1. The van der Waals surface area contributed by atoms with Crippen molar-refractivity contribution in [2.75, 3.05) is 23.7 Å². The number of benzene rings is 1. The molecule has 1 saturated carbocycles. The molecule has 4 N–H and O–H groups in total. The maximum Gasteiger partial charge on any atom is 0.222 e. The summed E-state index contributed by atoms with van der Waals surface area (Å²) in [5.41, 5.74) is 15.9. The topological polar surface area (TPSA) is 81.1 Å². The second-order valence-corrected chi connectivity index (χ2v) is 7.56. The molecule has 132 valence electrons. The van der Waals surface area contributed by atoms with Gasteiger partial charge in [0.2, 0.25) is 5.95 Å². The maximum atomic E-state index is 5.98. The van der Waals surface area contributed by atoms with Crippen molar-refractivity contribution < 1.29 is 0 Å². The summed E-state index contributed by atoms with van der Waals surface area (Å²) < 4.78 is 0. The van der Waals surface area contributed by atoms with E-state index in [0.717, 1.165) is 50.3 Å². The van der Waals surface area contributed by atoms with E-state index in [0.29, 0.717) is 23.8 Å². The van der Waals surface area contributed by atoms with Gasteiger partial charge in [-0.2, -0.15) is 4.98 Å². The Hall–Kier alpha value is -2.14. The van der Waals surface area contributed by atoms with Crippen molar-refractivity contribution in [1.29, 1.82) is 0 Å². The lowest BCUT2D eigenvalue weighted by Gasteiger charge is -2.35. The van der Waals surface area contributed by atoms with Crippen LogP contribution in [-0.4, -0.2) is 29.1 Å². The molecule has 0 bridgehead atoms. The van der Waals surface area contributed by atoms with Gasteiger partial charge >= 0.3 is 0 Å². The van der Waals surface area contributed by atoms with Gasteiger partial charge in [-0.25, -0.2) is 4.98 Å². The van der Waals surface area contributed by atoms with E-state index in [1.54, 1.807) is 0 Å². The predicted molar refractivity (Wildman–Crippen MR) is 102 cm³/mol. The minimum absolute atomic E-state index is 0.314. The van der Waals surface area contributed by atoms with E-state index in [9.17, 15) is 0 Å². The highest BCUT2D eigenvalue weighted by atomic mass is 15.2. The Labute approximate surface area is 149 Å². The van der Waals surface area contributed by atoms with E-state index in [1.165, 1.54) is 11.1 Å². The molecule has 1 aromatic heterocycles. The average Bonchev–Trinajstić information content (AvgIpc) is 2.59. The van der Waals surface area contributed by atoms with Gasteiger partial charge in [0.05, 0.1) is 5.69 Å². The summed E-state index contributed by atoms with van der Waals surface area (Å²) in [7, 11) is 0. The molecule has 4 rings (SSSR count). The number of nitrogens with zero attached hydrogens (tertiary/aromatic N) is 3. The van der Waals surface area contributed by atoms with Crippen LogP contribution in [0.15, 0.2) is 30.3 Å². The third-order valence-electron chi connectivity index (χ3n) is 5.79. The highest BCUT2D eigenvalue weighted by Crippen LogP contribution is 2.37. The Balaban J connectivity index is 1.46. The summed E-state index contributed by atoms with van der Waals surface area (Å²) in [6, 6.07) is 11.2. The molecule has 2 aromatic rings. The number of aryl methyl sites for hydroxylation is 1. The van der Waals surface area contributed by atoms with Gasteiger partial charge < -0.3 is 16.4 Å². The van der Waals surface area contributed by atoms with Crippen LogP contribution in [0.2, 0.25) is 0 Å². The predicted octanol–water partition coefficient (Wildman–Crippen LogP) is 2.96. The second-order valence-electron chi connectivity index (χ2n) is 7.56.